The van der Waals surface area contributed by atoms with Gasteiger partial charge in [0, 0.05) is 23.4 Å². The number of aliphatic hydroxyl groups excluding tert-OH is 1. The molecule has 0 bridgehead atoms. The molecule has 0 unspecified atom stereocenters. The van der Waals surface area contributed by atoms with E-state index in [0.717, 1.165) is 27.7 Å². The third kappa shape index (κ3) is 3.82. The molecule has 3 aromatic rings. The Balaban J connectivity index is 1.54. The van der Waals surface area contributed by atoms with Gasteiger partial charge in [-0.15, -0.1) is 0 Å². The second kappa shape index (κ2) is 8.17. The van der Waals surface area contributed by atoms with Crippen LogP contribution in [0.2, 0.25) is 0 Å². The number of nitrogens with two attached hydrogens (primary N) is 1. The lowest BCUT2D eigenvalue weighted by Crippen LogP contribution is -2.51. The second-order valence-electron chi connectivity index (χ2n) is 7.06. The highest BCUT2D eigenvalue weighted by Crippen LogP contribution is 2.29. The first kappa shape index (κ1) is 18.7. The van der Waals surface area contributed by atoms with Gasteiger partial charge in [-0.25, -0.2) is 0 Å². The van der Waals surface area contributed by atoms with Crippen molar-refractivity contribution in [2.24, 2.45) is 5.73 Å². The van der Waals surface area contributed by atoms with Crippen LogP contribution in [0, 0.1) is 11.8 Å². The van der Waals surface area contributed by atoms with E-state index < -0.39 is 12.4 Å². The smallest absolute Gasteiger partial charge is 0.160 e. The van der Waals surface area contributed by atoms with Crippen molar-refractivity contribution in [3.05, 3.63) is 60.2 Å². The molecule has 4 N–H and O–H groups in total. The fourth-order valence-electron chi connectivity index (χ4n) is 3.54. The number of aromatic amines is 1. The summed E-state index contributed by atoms with van der Waals surface area (Å²) in [6, 6.07) is 17.9. The van der Waals surface area contributed by atoms with Crippen LogP contribution in [0.4, 0.5) is 0 Å². The third-order valence-electron chi connectivity index (χ3n) is 5.07. The van der Waals surface area contributed by atoms with Crippen LogP contribution in [0.3, 0.4) is 0 Å². The summed E-state index contributed by atoms with van der Waals surface area (Å²) in [5, 5.41) is 10.9. The van der Waals surface area contributed by atoms with E-state index in [1.165, 1.54) is 0 Å². The monoisotopic (exact) mass is 376 g/mol. The maximum absolute atomic E-state index is 9.86. The number of benzene rings is 2. The molecule has 2 heterocycles. The van der Waals surface area contributed by atoms with E-state index in [2.05, 4.69) is 35.0 Å². The molecule has 144 valence electrons. The van der Waals surface area contributed by atoms with Gasteiger partial charge in [-0.2, -0.15) is 0 Å². The number of aromatic nitrogens is 1. The highest BCUT2D eigenvalue weighted by atomic mass is 16.7. The number of nitrogens with one attached hydrogen (secondary N) is 1. The van der Waals surface area contributed by atoms with Crippen molar-refractivity contribution in [1.29, 1.82) is 0 Å². The Bertz CT molecular complexity index is 991. The van der Waals surface area contributed by atoms with Gasteiger partial charge in [0.2, 0.25) is 0 Å². The molecule has 4 rings (SSSR count). The van der Waals surface area contributed by atoms with Crippen LogP contribution < -0.4 is 5.73 Å². The Hall–Kier alpha value is -2.62. The normalized spacial score (nSPS) is 24.7. The van der Waals surface area contributed by atoms with Crippen LogP contribution >= 0.6 is 0 Å². The van der Waals surface area contributed by atoms with Crippen molar-refractivity contribution >= 4 is 10.9 Å². The first-order valence-electron chi connectivity index (χ1n) is 9.49. The van der Waals surface area contributed by atoms with E-state index in [-0.39, 0.29) is 18.8 Å². The molecule has 5 heteroatoms. The molecule has 28 heavy (non-hydrogen) atoms. The van der Waals surface area contributed by atoms with Crippen LogP contribution in [0.15, 0.2) is 54.6 Å². The lowest BCUT2D eigenvalue weighted by Gasteiger charge is -2.35. The first-order valence-corrected chi connectivity index (χ1v) is 9.49. The van der Waals surface area contributed by atoms with Gasteiger partial charge < -0.3 is 25.3 Å². The van der Waals surface area contributed by atoms with Crippen LogP contribution in [0.25, 0.3) is 22.2 Å². The number of para-hydroxylation sites is 1. The predicted octanol–water partition coefficient (Wildman–Crippen LogP) is 3.03. The maximum Gasteiger partial charge on any atom is 0.160 e. The molecule has 1 aliphatic rings. The average molecular weight is 376 g/mol. The van der Waals surface area contributed by atoms with Crippen LogP contribution in [0.5, 0.6) is 0 Å². The van der Waals surface area contributed by atoms with Crippen molar-refractivity contribution in [3.63, 3.8) is 0 Å². The summed E-state index contributed by atoms with van der Waals surface area (Å²) < 4.78 is 11.4. The van der Waals surface area contributed by atoms with E-state index >= 15 is 0 Å². The molecule has 4 atom stereocenters. The van der Waals surface area contributed by atoms with Crippen LogP contribution in [-0.2, 0) is 9.47 Å². The molecule has 1 fully saturated rings. The number of ether oxygens (including phenoxy) is 2. The largest absolute Gasteiger partial charge is 0.389 e. The molecule has 1 aromatic heterocycles. The van der Waals surface area contributed by atoms with Gasteiger partial charge >= 0.3 is 0 Å². The number of hydrogen-bond donors (Lipinski definition) is 3. The highest BCUT2D eigenvalue weighted by molar-refractivity contribution is 5.93. The summed E-state index contributed by atoms with van der Waals surface area (Å²) in [6.07, 6.45) is -1.000. The number of rotatable bonds is 3. The average Bonchev–Trinajstić information content (AvgIpc) is 3.08. The summed E-state index contributed by atoms with van der Waals surface area (Å²) >= 11 is 0. The van der Waals surface area contributed by atoms with Crippen LogP contribution in [0.1, 0.15) is 18.9 Å². The van der Waals surface area contributed by atoms with Gasteiger partial charge in [0.05, 0.1) is 23.5 Å². The molecular formula is C23H24N2O3. The van der Waals surface area contributed by atoms with Crippen molar-refractivity contribution < 1.29 is 14.6 Å². The standard InChI is InChI=1S/C23H24N2O3/c1-15-23(26)19(24)14-21(28-15)27-13-7-11-18-17-10-5-6-12-20(17)25-22(18)16-8-3-2-4-9-16/h2-6,8-10,12,15,19,21,23,25-26H,13-14,24H2,1H3/t15-,19-,21+,23+/m0/s1. The number of hydrogen-bond acceptors (Lipinski definition) is 4. The van der Waals surface area contributed by atoms with E-state index in [0.29, 0.717) is 6.42 Å². The van der Waals surface area contributed by atoms with Gasteiger partial charge in [0.25, 0.3) is 0 Å². The molecule has 0 spiro atoms. The molecule has 0 amide bonds. The Kier molecular flexibility index (Phi) is 5.47. The minimum absolute atomic E-state index is 0.230. The molecular weight excluding hydrogens is 352 g/mol. The van der Waals surface area contributed by atoms with Crippen molar-refractivity contribution in [3.8, 4) is 23.1 Å². The zero-order valence-electron chi connectivity index (χ0n) is 15.8. The van der Waals surface area contributed by atoms with E-state index in [4.69, 9.17) is 15.2 Å². The van der Waals surface area contributed by atoms with E-state index in [1.807, 2.05) is 36.4 Å². The summed E-state index contributed by atoms with van der Waals surface area (Å²) in [7, 11) is 0. The minimum Gasteiger partial charge on any atom is -0.389 e. The maximum atomic E-state index is 9.86. The first-order chi connectivity index (χ1) is 13.6. The quantitative estimate of drug-likeness (QED) is 0.614. The summed E-state index contributed by atoms with van der Waals surface area (Å²) in [5.41, 5.74) is 10.0. The van der Waals surface area contributed by atoms with Crippen molar-refractivity contribution in [1.82, 2.24) is 4.98 Å². The van der Waals surface area contributed by atoms with Gasteiger partial charge in [-0.1, -0.05) is 60.4 Å². The number of aliphatic hydroxyl groups is 1. The zero-order chi connectivity index (χ0) is 19.5. The SMILES string of the molecule is C[C@@H]1O[C@@H](OCC#Cc2c(-c3ccccc3)[nH]c3ccccc23)C[C@H](N)[C@@H]1O. The fourth-order valence-corrected chi connectivity index (χ4v) is 3.54. The number of fused-ring (bicyclic) bond motifs is 1. The van der Waals surface area contributed by atoms with E-state index in [1.54, 1.807) is 6.92 Å². The lowest BCUT2D eigenvalue weighted by atomic mass is 10.0. The molecule has 1 aliphatic heterocycles. The van der Waals surface area contributed by atoms with Gasteiger partial charge in [0.1, 0.15) is 6.61 Å². The molecule has 2 aromatic carbocycles. The molecule has 1 saturated heterocycles. The Morgan fingerprint density at radius 2 is 1.93 bits per heavy atom. The molecule has 0 aliphatic carbocycles. The predicted molar refractivity (Wildman–Crippen MR) is 109 cm³/mol. The van der Waals surface area contributed by atoms with Gasteiger partial charge in [-0.05, 0) is 18.6 Å². The van der Waals surface area contributed by atoms with Crippen LogP contribution in [-0.4, -0.2) is 41.2 Å². The van der Waals surface area contributed by atoms with Crippen molar-refractivity contribution in [2.45, 2.75) is 37.9 Å². The molecule has 0 radical (unpaired) electrons. The Morgan fingerprint density at radius 1 is 1.18 bits per heavy atom. The van der Waals surface area contributed by atoms with Gasteiger partial charge in [-0.3, -0.25) is 0 Å². The Morgan fingerprint density at radius 3 is 2.71 bits per heavy atom. The molecule has 5 nitrogen and oxygen atoms in total. The zero-order valence-corrected chi connectivity index (χ0v) is 15.8. The second-order valence-corrected chi connectivity index (χ2v) is 7.06. The molecule has 0 saturated carbocycles. The third-order valence-corrected chi connectivity index (χ3v) is 5.07. The lowest BCUT2D eigenvalue weighted by molar-refractivity contribution is -0.217. The highest BCUT2D eigenvalue weighted by Gasteiger charge is 2.33. The summed E-state index contributed by atoms with van der Waals surface area (Å²) in [5.74, 6) is 6.37. The number of H-pyrrole nitrogens is 1. The van der Waals surface area contributed by atoms with E-state index in [9.17, 15) is 5.11 Å². The Labute approximate surface area is 164 Å². The fraction of sp³-hybridized carbons (Fsp3) is 0.304. The van der Waals surface area contributed by atoms with Gasteiger partial charge in [0.15, 0.2) is 6.29 Å². The summed E-state index contributed by atoms with van der Waals surface area (Å²) in [4.78, 5) is 3.47. The summed E-state index contributed by atoms with van der Waals surface area (Å²) in [6.45, 7) is 2.03. The minimum atomic E-state index is -0.661. The van der Waals surface area contributed by atoms with Crippen molar-refractivity contribution in [2.75, 3.05) is 6.61 Å². The topological polar surface area (TPSA) is 80.5 Å².